The minimum Gasteiger partial charge on any atom is -0.479 e. The molecule has 2 unspecified atom stereocenters. The summed E-state index contributed by atoms with van der Waals surface area (Å²) >= 11 is 12.2. The van der Waals surface area contributed by atoms with Crippen molar-refractivity contribution in [2.75, 3.05) is 25.7 Å². The van der Waals surface area contributed by atoms with Crippen molar-refractivity contribution in [3.8, 4) is 17.6 Å². The lowest BCUT2D eigenvalue weighted by molar-refractivity contribution is 0.0987. The number of rotatable bonds is 7. The third-order valence-corrected chi connectivity index (χ3v) is 6.89. The summed E-state index contributed by atoms with van der Waals surface area (Å²) in [5, 5.41) is 15.2. The first-order valence-electron chi connectivity index (χ1n) is 11.5. The molecular weight excluding hydrogens is 536 g/mol. The zero-order valence-electron chi connectivity index (χ0n) is 20.5. The number of amides is 1. The number of aliphatic hydroxyl groups excluding tert-OH is 1. The number of benzene rings is 2. The van der Waals surface area contributed by atoms with E-state index in [1.807, 2.05) is 0 Å². The van der Waals surface area contributed by atoms with Gasteiger partial charge in [0.15, 0.2) is 11.5 Å². The Kier molecular flexibility index (Phi) is 6.95. The van der Waals surface area contributed by atoms with E-state index in [-0.39, 0.29) is 34.9 Å². The van der Waals surface area contributed by atoms with Crippen molar-refractivity contribution in [1.82, 2.24) is 19.7 Å². The lowest BCUT2D eigenvalue weighted by Crippen LogP contribution is -2.31. The van der Waals surface area contributed by atoms with Crippen LogP contribution in [0.4, 0.5) is 10.1 Å². The number of aliphatic hydroxyl groups is 1. The normalized spacial score (nSPS) is 15.5. The molecule has 2 aromatic heterocycles. The van der Waals surface area contributed by atoms with Gasteiger partial charge in [-0.05, 0) is 29.8 Å². The Morgan fingerprint density at radius 3 is 2.50 bits per heavy atom. The number of nitrogens with zero attached hydrogens (tertiary/aromatic N) is 5. The second kappa shape index (κ2) is 10.2. The van der Waals surface area contributed by atoms with Gasteiger partial charge in [0.05, 0.1) is 49.5 Å². The van der Waals surface area contributed by atoms with E-state index in [0.717, 1.165) is 0 Å². The molecule has 2 atom stereocenters. The molecule has 38 heavy (non-hydrogen) atoms. The molecule has 4 aromatic rings. The van der Waals surface area contributed by atoms with Gasteiger partial charge in [-0.1, -0.05) is 48.3 Å². The van der Waals surface area contributed by atoms with Crippen LogP contribution in [0.15, 0.2) is 48.7 Å². The van der Waals surface area contributed by atoms with Crippen LogP contribution >= 0.6 is 23.2 Å². The predicted molar refractivity (Wildman–Crippen MR) is 139 cm³/mol. The highest BCUT2D eigenvalue weighted by molar-refractivity contribution is 6.31. The van der Waals surface area contributed by atoms with Crippen molar-refractivity contribution in [2.45, 2.75) is 18.9 Å². The maximum Gasteiger partial charge on any atom is 0.319 e. The average molecular weight is 558 g/mol. The molecule has 0 aliphatic carbocycles. The maximum atomic E-state index is 15.3. The van der Waals surface area contributed by atoms with Gasteiger partial charge in [-0.2, -0.15) is 10.1 Å². The van der Waals surface area contributed by atoms with Gasteiger partial charge in [0, 0.05) is 16.5 Å². The van der Waals surface area contributed by atoms with E-state index >= 15 is 4.39 Å². The van der Waals surface area contributed by atoms with Gasteiger partial charge in [-0.3, -0.25) is 9.69 Å². The fourth-order valence-electron chi connectivity index (χ4n) is 4.60. The summed E-state index contributed by atoms with van der Waals surface area (Å²) in [6, 6.07) is 10.6. The summed E-state index contributed by atoms with van der Waals surface area (Å²) < 4.78 is 27.3. The topological polar surface area (TPSA) is 103 Å². The molecule has 12 heteroatoms. The van der Waals surface area contributed by atoms with Crippen LogP contribution in [-0.4, -0.2) is 51.6 Å². The summed E-state index contributed by atoms with van der Waals surface area (Å²) in [6.45, 7) is 1.53. The lowest BCUT2D eigenvalue weighted by Gasteiger charge is -2.28. The number of anilines is 1. The van der Waals surface area contributed by atoms with E-state index in [1.54, 1.807) is 37.3 Å². The molecule has 1 aliphatic heterocycles. The van der Waals surface area contributed by atoms with Crippen LogP contribution in [0.2, 0.25) is 10.0 Å². The summed E-state index contributed by atoms with van der Waals surface area (Å²) in [5.41, 5.74) is 2.08. The first-order valence-corrected chi connectivity index (χ1v) is 12.3. The Morgan fingerprint density at radius 2 is 1.84 bits per heavy atom. The predicted octanol–water partition coefficient (Wildman–Crippen LogP) is 4.97. The Hall–Kier alpha value is -3.73. The van der Waals surface area contributed by atoms with Crippen LogP contribution in [0.3, 0.4) is 0 Å². The monoisotopic (exact) mass is 557 g/mol. The molecule has 0 saturated heterocycles. The van der Waals surface area contributed by atoms with Crippen LogP contribution in [-0.2, 0) is 0 Å². The Balaban J connectivity index is 1.80. The number of fused-ring (bicyclic) bond motifs is 1. The van der Waals surface area contributed by atoms with Crippen molar-refractivity contribution in [3.05, 3.63) is 87.0 Å². The number of carbonyl (C=O) groups is 1. The van der Waals surface area contributed by atoms with E-state index in [9.17, 15) is 9.90 Å². The molecule has 196 valence electrons. The molecule has 1 N–H and O–H groups in total. The van der Waals surface area contributed by atoms with Gasteiger partial charge in [0.25, 0.3) is 5.91 Å². The number of ether oxygens (including phenoxy) is 2. The number of halogens is 3. The Bertz CT molecular complexity index is 1530. The van der Waals surface area contributed by atoms with Crippen LogP contribution in [0.25, 0.3) is 5.69 Å². The van der Waals surface area contributed by atoms with E-state index in [4.69, 9.17) is 32.7 Å². The molecule has 1 amide bonds. The van der Waals surface area contributed by atoms with Crippen molar-refractivity contribution >= 4 is 34.8 Å². The fraction of sp³-hybridized carbons (Fsp3) is 0.231. The molecule has 0 spiro atoms. The Morgan fingerprint density at radius 1 is 1.11 bits per heavy atom. The first kappa shape index (κ1) is 25.9. The molecule has 5 rings (SSSR count). The highest BCUT2D eigenvalue weighted by atomic mass is 35.5. The molecule has 2 aromatic carbocycles. The van der Waals surface area contributed by atoms with Gasteiger partial charge in [0.1, 0.15) is 5.69 Å². The summed E-state index contributed by atoms with van der Waals surface area (Å²) in [6.07, 6.45) is 1.45. The number of aromatic nitrogens is 4. The smallest absolute Gasteiger partial charge is 0.319 e. The average Bonchev–Trinajstić information content (AvgIpc) is 3.45. The Labute approximate surface area is 227 Å². The quantitative estimate of drug-likeness (QED) is 0.342. The van der Waals surface area contributed by atoms with Crippen LogP contribution < -0.4 is 14.4 Å². The van der Waals surface area contributed by atoms with E-state index in [2.05, 4.69) is 15.1 Å². The van der Waals surface area contributed by atoms with Gasteiger partial charge < -0.3 is 14.6 Å². The maximum absolute atomic E-state index is 15.3. The molecule has 0 bridgehead atoms. The number of hydrogen-bond acceptors (Lipinski definition) is 7. The number of carbonyl (C=O) groups excluding carboxylic acids is 1. The van der Waals surface area contributed by atoms with E-state index < -0.39 is 23.7 Å². The first-order chi connectivity index (χ1) is 18.3. The minimum atomic E-state index is -0.800. The summed E-state index contributed by atoms with van der Waals surface area (Å²) in [7, 11) is 2.86. The van der Waals surface area contributed by atoms with Crippen molar-refractivity contribution in [3.63, 3.8) is 0 Å². The standard InChI is InChI=1S/C26H22Cl2FN5O4/c1-13(12-35)22-19-21(32-34(22)18-11-30-26(38-3)31-24(18)37-2)25(36)33(17-6-4-5-16(28)20(17)29)23(19)14-7-9-15(27)10-8-14/h4-11,13,23,35H,12H2,1-3H3. The number of methoxy groups -OCH3 is 2. The van der Waals surface area contributed by atoms with Crippen LogP contribution in [0.1, 0.15) is 46.2 Å². The lowest BCUT2D eigenvalue weighted by atomic mass is 9.94. The zero-order chi connectivity index (χ0) is 27.1. The summed E-state index contributed by atoms with van der Waals surface area (Å²) in [4.78, 5) is 23.7. The zero-order valence-corrected chi connectivity index (χ0v) is 22.0. The molecule has 3 heterocycles. The highest BCUT2D eigenvalue weighted by Gasteiger charge is 2.46. The molecule has 0 radical (unpaired) electrons. The third kappa shape index (κ3) is 4.14. The molecule has 0 saturated carbocycles. The second-order valence-corrected chi connectivity index (χ2v) is 9.44. The molecular formula is C26H22Cl2FN5O4. The third-order valence-electron chi connectivity index (χ3n) is 6.35. The second-order valence-electron chi connectivity index (χ2n) is 8.60. The van der Waals surface area contributed by atoms with Crippen LogP contribution in [0, 0.1) is 5.82 Å². The molecule has 1 aliphatic rings. The van der Waals surface area contributed by atoms with Crippen molar-refractivity contribution < 1.29 is 23.8 Å². The largest absolute Gasteiger partial charge is 0.479 e. The molecule has 0 fully saturated rings. The van der Waals surface area contributed by atoms with Crippen molar-refractivity contribution in [1.29, 1.82) is 0 Å². The summed E-state index contributed by atoms with van der Waals surface area (Å²) in [5.74, 6) is -1.62. The van der Waals surface area contributed by atoms with Gasteiger partial charge >= 0.3 is 6.01 Å². The van der Waals surface area contributed by atoms with E-state index in [0.29, 0.717) is 27.5 Å². The van der Waals surface area contributed by atoms with Crippen molar-refractivity contribution in [2.24, 2.45) is 0 Å². The highest BCUT2D eigenvalue weighted by Crippen LogP contribution is 2.47. The van der Waals surface area contributed by atoms with Gasteiger partial charge in [-0.25, -0.2) is 14.1 Å². The van der Waals surface area contributed by atoms with E-state index in [1.165, 1.54) is 42.1 Å². The fourth-order valence-corrected chi connectivity index (χ4v) is 4.90. The molecule has 9 nitrogen and oxygen atoms in total. The van der Waals surface area contributed by atoms with Crippen LogP contribution in [0.5, 0.6) is 11.9 Å². The van der Waals surface area contributed by atoms with Gasteiger partial charge in [0.2, 0.25) is 5.88 Å². The van der Waals surface area contributed by atoms with Gasteiger partial charge in [-0.15, -0.1) is 0 Å². The number of hydrogen-bond donors (Lipinski definition) is 1. The minimum absolute atomic E-state index is 0.0000344. The SMILES string of the molecule is COc1ncc(-n2nc3c(c2C(C)CO)C(c2ccc(Cl)cc2)N(c2cccc(Cl)c2F)C3=O)c(OC)n1.